The SMILES string of the molecule is CCN(CC)c1ccc(C(c2ccc(N(CC)CC)cc2)c2c(-c3ccccc3)n(C)c3ccccc23)cc1. The lowest BCUT2D eigenvalue weighted by atomic mass is 9.82. The Morgan fingerprint density at radius 2 is 1.03 bits per heavy atom. The summed E-state index contributed by atoms with van der Waals surface area (Å²) in [6.45, 7) is 12.9. The highest BCUT2D eigenvalue weighted by atomic mass is 15.1. The van der Waals surface area contributed by atoms with Gasteiger partial charge < -0.3 is 14.4 Å². The van der Waals surface area contributed by atoms with E-state index < -0.39 is 0 Å². The molecule has 0 radical (unpaired) electrons. The molecule has 0 aliphatic carbocycles. The first-order valence-electron chi connectivity index (χ1n) is 14.4. The predicted molar refractivity (Wildman–Crippen MR) is 169 cm³/mol. The van der Waals surface area contributed by atoms with Gasteiger partial charge in [-0.05, 0) is 80.3 Å². The van der Waals surface area contributed by atoms with Crippen molar-refractivity contribution < 1.29 is 0 Å². The van der Waals surface area contributed by atoms with Crippen molar-refractivity contribution in [3.8, 4) is 11.3 Å². The number of rotatable bonds is 10. The van der Waals surface area contributed by atoms with Crippen molar-refractivity contribution >= 4 is 22.3 Å². The molecule has 0 saturated carbocycles. The average Bonchev–Trinajstić information content (AvgIpc) is 3.28. The summed E-state index contributed by atoms with van der Waals surface area (Å²) in [5.74, 6) is 0.0998. The first-order chi connectivity index (χ1) is 19.1. The molecule has 5 aromatic rings. The highest BCUT2D eigenvalue weighted by Crippen LogP contribution is 2.44. The van der Waals surface area contributed by atoms with E-state index in [1.807, 2.05) is 0 Å². The summed E-state index contributed by atoms with van der Waals surface area (Å²) in [4.78, 5) is 4.82. The first kappa shape index (κ1) is 26.6. The molecule has 0 atom stereocenters. The monoisotopic (exact) mass is 515 g/mol. The van der Waals surface area contributed by atoms with Crippen molar-refractivity contribution in [2.24, 2.45) is 7.05 Å². The van der Waals surface area contributed by atoms with Gasteiger partial charge >= 0.3 is 0 Å². The van der Waals surface area contributed by atoms with E-state index in [2.05, 4.69) is 152 Å². The maximum atomic E-state index is 2.41. The Hall–Kier alpha value is -3.98. The zero-order valence-electron chi connectivity index (χ0n) is 24.1. The topological polar surface area (TPSA) is 11.4 Å². The quantitative estimate of drug-likeness (QED) is 0.184. The van der Waals surface area contributed by atoms with E-state index in [1.165, 1.54) is 50.2 Å². The molecule has 0 saturated heterocycles. The molecule has 0 amide bonds. The average molecular weight is 516 g/mol. The number of nitrogens with zero attached hydrogens (tertiary/aromatic N) is 3. The lowest BCUT2D eigenvalue weighted by Gasteiger charge is -2.25. The minimum absolute atomic E-state index is 0.0998. The maximum Gasteiger partial charge on any atom is 0.0530 e. The normalized spacial score (nSPS) is 11.3. The van der Waals surface area contributed by atoms with Crippen LogP contribution in [0, 0.1) is 0 Å². The molecule has 0 spiro atoms. The Labute approximate surface area is 234 Å². The Bertz CT molecular complexity index is 1430. The molecule has 0 fully saturated rings. The summed E-state index contributed by atoms with van der Waals surface area (Å²) in [5.41, 5.74) is 10.3. The van der Waals surface area contributed by atoms with Gasteiger partial charge in [-0.2, -0.15) is 0 Å². The van der Waals surface area contributed by atoms with Gasteiger partial charge in [0, 0.05) is 61.4 Å². The number of benzene rings is 4. The van der Waals surface area contributed by atoms with Crippen LogP contribution >= 0.6 is 0 Å². The fourth-order valence-corrected chi connectivity index (χ4v) is 6.12. The van der Waals surface area contributed by atoms with Crippen molar-refractivity contribution in [3.05, 3.63) is 120 Å². The van der Waals surface area contributed by atoms with E-state index >= 15 is 0 Å². The maximum absolute atomic E-state index is 2.41. The van der Waals surface area contributed by atoms with Crippen LogP contribution < -0.4 is 9.80 Å². The number of hydrogen-bond donors (Lipinski definition) is 0. The van der Waals surface area contributed by atoms with Crippen LogP contribution in [0.5, 0.6) is 0 Å². The summed E-state index contributed by atoms with van der Waals surface area (Å²) < 4.78 is 2.38. The fourth-order valence-electron chi connectivity index (χ4n) is 6.12. The fraction of sp³-hybridized carbons (Fsp3) is 0.278. The molecule has 3 heteroatoms. The first-order valence-corrected chi connectivity index (χ1v) is 14.4. The van der Waals surface area contributed by atoms with Crippen LogP contribution in [0.3, 0.4) is 0 Å². The molecular formula is C36H41N3. The largest absolute Gasteiger partial charge is 0.372 e. The third kappa shape index (κ3) is 5.06. The van der Waals surface area contributed by atoms with Crippen LogP contribution in [-0.4, -0.2) is 30.7 Å². The van der Waals surface area contributed by atoms with E-state index in [0.29, 0.717) is 0 Å². The van der Waals surface area contributed by atoms with Crippen molar-refractivity contribution in [2.75, 3.05) is 36.0 Å². The van der Waals surface area contributed by atoms with E-state index in [9.17, 15) is 0 Å². The molecule has 4 aromatic carbocycles. The van der Waals surface area contributed by atoms with E-state index in [1.54, 1.807) is 0 Å². The molecule has 0 unspecified atom stereocenters. The highest BCUT2D eigenvalue weighted by molar-refractivity contribution is 5.93. The lowest BCUT2D eigenvalue weighted by molar-refractivity contribution is 0.862. The van der Waals surface area contributed by atoms with Crippen LogP contribution in [-0.2, 0) is 7.05 Å². The number of aromatic nitrogens is 1. The van der Waals surface area contributed by atoms with Gasteiger partial charge in [-0.25, -0.2) is 0 Å². The zero-order valence-corrected chi connectivity index (χ0v) is 24.1. The summed E-state index contributed by atoms with van der Waals surface area (Å²) in [7, 11) is 2.21. The summed E-state index contributed by atoms with van der Waals surface area (Å²) in [5, 5.41) is 1.31. The molecule has 0 bridgehead atoms. The Morgan fingerprint density at radius 1 is 0.564 bits per heavy atom. The Balaban J connectivity index is 1.75. The smallest absolute Gasteiger partial charge is 0.0530 e. The number of aryl methyl sites for hydroxylation is 1. The Kier molecular flexibility index (Phi) is 8.07. The molecule has 3 nitrogen and oxygen atoms in total. The minimum Gasteiger partial charge on any atom is -0.372 e. The van der Waals surface area contributed by atoms with Crippen LogP contribution in [0.15, 0.2) is 103 Å². The molecule has 1 heterocycles. The molecule has 200 valence electrons. The van der Waals surface area contributed by atoms with Crippen LogP contribution in [0.2, 0.25) is 0 Å². The van der Waals surface area contributed by atoms with E-state index in [-0.39, 0.29) is 5.92 Å². The molecular weight excluding hydrogens is 474 g/mol. The van der Waals surface area contributed by atoms with Crippen molar-refractivity contribution in [3.63, 3.8) is 0 Å². The summed E-state index contributed by atoms with van der Waals surface area (Å²) in [6, 6.07) is 38.3. The predicted octanol–water partition coefficient (Wildman–Crippen LogP) is 8.72. The molecule has 5 rings (SSSR count). The van der Waals surface area contributed by atoms with Crippen molar-refractivity contribution in [1.82, 2.24) is 4.57 Å². The second kappa shape index (κ2) is 11.8. The molecule has 0 aliphatic rings. The van der Waals surface area contributed by atoms with Gasteiger partial charge in [0.15, 0.2) is 0 Å². The summed E-state index contributed by atoms with van der Waals surface area (Å²) >= 11 is 0. The lowest BCUT2D eigenvalue weighted by Crippen LogP contribution is -2.22. The second-order valence-electron chi connectivity index (χ2n) is 10.2. The van der Waals surface area contributed by atoms with Gasteiger partial charge in [0.25, 0.3) is 0 Å². The second-order valence-corrected chi connectivity index (χ2v) is 10.2. The van der Waals surface area contributed by atoms with Gasteiger partial charge in [0.05, 0.1) is 5.69 Å². The summed E-state index contributed by atoms with van der Waals surface area (Å²) in [6.07, 6.45) is 0. The van der Waals surface area contributed by atoms with Crippen LogP contribution in [0.4, 0.5) is 11.4 Å². The Morgan fingerprint density at radius 3 is 1.51 bits per heavy atom. The van der Waals surface area contributed by atoms with Crippen LogP contribution in [0.25, 0.3) is 22.2 Å². The van der Waals surface area contributed by atoms with Gasteiger partial charge in [-0.3, -0.25) is 0 Å². The number of hydrogen-bond acceptors (Lipinski definition) is 2. The molecule has 39 heavy (non-hydrogen) atoms. The molecule has 0 aliphatic heterocycles. The van der Waals surface area contributed by atoms with Gasteiger partial charge in [-0.15, -0.1) is 0 Å². The highest BCUT2D eigenvalue weighted by Gasteiger charge is 2.27. The van der Waals surface area contributed by atoms with Gasteiger partial charge in [0.1, 0.15) is 0 Å². The molecule has 1 aromatic heterocycles. The number of para-hydroxylation sites is 1. The third-order valence-corrected chi connectivity index (χ3v) is 8.19. The standard InChI is InChI=1S/C36H41N3/c1-6-38(7-2)30-23-19-27(20-24-30)34(28-21-25-31(26-22-28)39(8-3)9-4)35-32-17-13-14-18-33(32)37(5)36(35)29-15-11-10-12-16-29/h10-26,34H,6-9H2,1-5H3. The number of fused-ring (bicyclic) bond motifs is 1. The van der Waals surface area contributed by atoms with Crippen LogP contribution in [0.1, 0.15) is 50.3 Å². The molecule has 0 N–H and O–H groups in total. The van der Waals surface area contributed by atoms with Gasteiger partial charge in [-0.1, -0.05) is 72.8 Å². The number of anilines is 2. The van der Waals surface area contributed by atoms with Gasteiger partial charge in [0.2, 0.25) is 0 Å². The van der Waals surface area contributed by atoms with E-state index in [4.69, 9.17) is 0 Å². The third-order valence-electron chi connectivity index (χ3n) is 8.19. The van der Waals surface area contributed by atoms with E-state index in [0.717, 1.165) is 26.2 Å². The van der Waals surface area contributed by atoms with Crippen molar-refractivity contribution in [1.29, 1.82) is 0 Å². The minimum atomic E-state index is 0.0998. The zero-order chi connectivity index (χ0) is 27.4. The van der Waals surface area contributed by atoms with Crippen molar-refractivity contribution in [2.45, 2.75) is 33.6 Å².